The first-order valence-electron chi connectivity index (χ1n) is 9.04. The average Bonchev–Trinajstić information content (AvgIpc) is 2.69. The third-order valence-electron chi connectivity index (χ3n) is 4.80. The van der Waals surface area contributed by atoms with Crippen LogP contribution in [0, 0.1) is 0 Å². The van der Waals surface area contributed by atoms with E-state index in [0.29, 0.717) is 18.1 Å². The molecule has 28 heavy (non-hydrogen) atoms. The quantitative estimate of drug-likeness (QED) is 0.780. The lowest BCUT2D eigenvalue weighted by Crippen LogP contribution is -2.52. The van der Waals surface area contributed by atoms with E-state index in [1.165, 1.54) is 12.1 Å². The number of carbonyl (C=O) groups is 1. The Balaban J connectivity index is 1.59. The van der Waals surface area contributed by atoms with Gasteiger partial charge in [-0.15, -0.1) is 0 Å². The van der Waals surface area contributed by atoms with Gasteiger partial charge in [0.25, 0.3) is 0 Å². The van der Waals surface area contributed by atoms with Gasteiger partial charge in [-0.05, 0) is 31.2 Å². The third-order valence-corrected chi connectivity index (χ3v) is 5.12. The number of piperazine rings is 1. The molecule has 1 heterocycles. The van der Waals surface area contributed by atoms with Crippen molar-refractivity contribution in [1.82, 2.24) is 4.90 Å². The molecule has 1 fully saturated rings. The van der Waals surface area contributed by atoms with Crippen LogP contribution in [0.3, 0.4) is 0 Å². The molecule has 1 aliphatic heterocycles. The van der Waals surface area contributed by atoms with Crippen LogP contribution in [0.1, 0.15) is 6.92 Å². The molecule has 0 bridgehead atoms. The van der Waals surface area contributed by atoms with Crippen LogP contribution in [-0.4, -0.2) is 49.6 Å². The van der Waals surface area contributed by atoms with Crippen molar-refractivity contribution in [2.45, 2.75) is 19.6 Å². The predicted octanol–water partition coefficient (Wildman–Crippen LogP) is 4.09. The Kier molecular flexibility index (Phi) is 6.70. The van der Waals surface area contributed by atoms with Gasteiger partial charge in [-0.25, -0.2) is 0 Å². The Bertz CT molecular complexity index is 814. The van der Waals surface area contributed by atoms with Gasteiger partial charge < -0.3 is 15.0 Å². The number of rotatable bonds is 6. The van der Waals surface area contributed by atoms with Gasteiger partial charge in [0.15, 0.2) is 0 Å². The fraction of sp³-hybridized carbons (Fsp3) is 0.350. The van der Waals surface area contributed by atoms with Crippen LogP contribution in [-0.2, 0) is 4.79 Å². The first-order chi connectivity index (χ1) is 13.5. The van der Waals surface area contributed by atoms with Crippen molar-refractivity contribution in [3.8, 4) is 5.75 Å². The van der Waals surface area contributed by atoms with Crippen LogP contribution < -0.4 is 15.0 Å². The second-order valence-corrected chi connectivity index (χ2v) is 6.92. The van der Waals surface area contributed by atoms with E-state index in [0.717, 1.165) is 18.8 Å². The van der Waals surface area contributed by atoms with Gasteiger partial charge in [-0.2, -0.15) is 8.78 Å². The van der Waals surface area contributed by atoms with Gasteiger partial charge in [0.05, 0.1) is 22.4 Å². The summed E-state index contributed by atoms with van der Waals surface area (Å²) in [6, 6.07) is 13.4. The van der Waals surface area contributed by atoms with Crippen molar-refractivity contribution in [3.63, 3.8) is 0 Å². The molecule has 1 atom stereocenters. The summed E-state index contributed by atoms with van der Waals surface area (Å²) in [5.41, 5.74) is 1.22. The SMILES string of the molecule is C[C@H](C(=O)Nc1ccccc1OC(F)F)N1CCN(c2ccccc2Cl)CC1. The molecule has 1 amide bonds. The highest BCUT2D eigenvalue weighted by Crippen LogP contribution is 2.27. The number of nitrogens with zero attached hydrogens (tertiary/aromatic N) is 2. The fourth-order valence-electron chi connectivity index (χ4n) is 3.23. The number of ether oxygens (including phenoxy) is 1. The van der Waals surface area contributed by atoms with E-state index in [4.69, 9.17) is 11.6 Å². The maximum absolute atomic E-state index is 12.6. The van der Waals surface area contributed by atoms with Crippen LogP contribution in [0.4, 0.5) is 20.2 Å². The Morgan fingerprint density at radius 1 is 1.07 bits per heavy atom. The lowest BCUT2D eigenvalue weighted by Gasteiger charge is -2.38. The molecule has 8 heteroatoms. The van der Waals surface area contributed by atoms with Crippen LogP contribution >= 0.6 is 11.6 Å². The van der Waals surface area contributed by atoms with Gasteiger partial charge in [-0.3, -0.25) is 9.69 Å². The van der Waals surface area contributed by atoms with Crippen LogP contribution in [0.2, 0.25) is 5.02 Å². The molecular weight excluding hydrogens is 388 g/mol. The number of hydrogen-bond donors (Lipinski definition) is 1. The number of carbonyl (C=O) groups excluding carboxylic acids is 1. The summed E-state index contributed by atoms with van der Waals surface area (Å²) < 4.78 is 29.5. The Morgan fingerprint density at radius 3 is 2.39 bits per heavy atom. The fourth-order valence-corrected chi connectivity index (χ4v) is 3.49. The predicted molar refractivity (Wildman–Crippen MR) is 106 cm³/mol. The normalized spacial score (nSPS) is 16.1. The summed E-state index contributed by atoms with van der Waals surface area (Å²) in [6.07, 6.45) is 0. The van der Waals surface area contributed by atoms with E-state index < -0.39 is 12.7 Å². The number of benzene rings is 2. The summed E-state index contributed by atoms with van der Waals surface area (Å²) in [6.45, 7) is 1.72. The van der Waals surface area contributed by atoms with E-state index in [-0.39, 0.29) is 17.3 Å². The standard InChI is InChI=1S/C20H22ClF2N3O2/c1-14(19(27)24-16-7-3-5-9-18(16)28-20(22)23)25-10-12-26(13-11-25)17-8-4-2-6-15(17)21/h2-9,14,20H,10-13H2,1H3,(H,24,27)/t14-/m1/s1. The zero-order valence-corrected chi connectivity index (χ0v) is 16.2. The number of anilines is 2. The van der Waals surface area contributed by atoms with E-state index >= 15 is 0 Å². The van der Waals surface area contributed by atoms with Crippen molar-refractivity contribution in [2.75, 3.05) is 36.4 Å². The van der Waals surface area contributed by atoms with Gasteiger partial charge in [0, 0.05) is 26.2 Å². The van der Waals surface area contributed by atoms with Gasteiger partial charge in [0.2, 0.25) is 5.91 Å². The molecule has 0 aliphatic carbocycles. The van der Waals surface area contributed by atoms with E-state index in [1.54, 1.807) is 19.1 Å². The zero-order chi connectivity index (χ0) is 20.1. The zero-order valence-electron chi connectivity index (χ0n) is 15.4. The topological polar surface area (TPSA) is 44.8 Å². The molecule has 3 rings (SSSR count). The molecule has 0 unspecified atom stereocenters. The summed E-state index contributed by atoms with van der Waals surface area (Å²) >= 11 is 6.26. The lowest BCUT2D eigenvalue weighted by molar-refractivity contribution is -0.120. The molecule has 5 nitrogen and oxygen atoms in total. The van der Waals surface area contributed by atoms with E-state index in [1.807, 2.05) is 24.3 Å². The smallest absolute Gasteiger partial charge is 0.387 e. The van der Waals surface area contributed by atoms with Crippen LogP contribution in [0.25, 0.3) is 0 Å². The highest BCUT2D eigenvalue weighted by molar-refractivity contribution is 6.33. The van der Waals surface area contributed by atoms with E-state index in [2.05, 4.69) is 19.9 Å². The monoisotopic (exact) mass is 409 g/mol. The number of halogens is 3. The maximum atomic E-state index is 12.6. The molecule has 0 aromatic heterocycles. The highest BCUT2D eigenvalue weighted by atomic mass is 35.5. The Labute approximate surface area is 167 Å². The molecule has 150 valence electrons. The summed E-state index contributed by atoms with van der Waals surface area (Å²) in [5, 5.41) is 3.40. The molecule has 2 aromatic rings. The molecule has 1 N–H and O–H groups in total. The first kappa shape index (κ1) is 20.4. The van der Waals surface area contributed by atoms with Gasteiger partial charge in [0.1, 0.15) is 5.75 Å². The van der Waals surface area contributed by atoms with Crippen molar-refractivity contribution in [3.05, 3.63) is 53.6 Å². The van der Waals surface area contributed by atoms with Gasteiger partial charge >= 0.3 is 6.61 Å². The average molecular weight is 410 g/mol. The van der Waals surface area contributed by atoms with Crippen molar-refractivity contribution in [2.24, 2.45) is 0 Å². The summed E-state index contributed by atoms with van der Waals surface area (Å²) in [4.78, 5) is 16.9. The Morgan fingerprint density at radius 2 is 1.71 bits per heavy atom. The third kappa shape index (κ3) is 4.91. The number of para-hydroxylation sites is 3. The van der Waals surface area contributed by atoms with Crippen molar-refractivity contribution >= 4 is 28.9 Å². The number of hydrogen-bond acceptors (Lipinski definition) is 4. The second-order valence-electron chi connectivity index (χ2n) is 6.51. The largest absolute Gasteiger partial charge is 0.433 e. The molecular formula is C20H22ClF2N3O2. The second kappa shape index (κ2) is 9.21. The lowest BCUT2D eigenvalue weighted by atomic mass is 10.2. The first-order valence-corrected chi connectivity index (χ1v) is 9.41. The minimum Gasteiger partial charge on any atom is -0.433 e. The molecule has 0 saturated carbocycles. The molecule has 0 spiro atoms. The van der Waals surface area contributed by atoms with Crippen molar-refractivity contribution in [1.29, 1.82) is 0 Å². The van der Waals surface area contributed by atoms with E-state index in [9.17, 15) is 13.6 Å². The highest BCUT2D eigenvalue weighted by Gasteiger charge is 2.27. The minimum absolute atomic E-state index is 0.0541. The number of alkyl halides is 2. The molecule has 1 aliphatic rings. The summed E-state index contributed by atoms with van der Waals surface area (Å²) in [5.74, 6) is -0.321. The van der Waals surface area contributed by atoms with Crippen LogP contribution in [0.5, 0.6) is 5.75 Å². The Hall–Kier alpha value is -2.38. The van der Waals surface area contributed by atoms with Crippen LogP contribution in [0.15, 0.2) is 48.5 Å². The number of amides is 1. The molecule has 0 radical (unpaired) electrons. The van der Waals surface area contributed by atoms with Crippen molar-refractivity contribution < 1.29 is 18.3 Å². The maximum Gasteiger partial charge on any atom is 0.387 e. The van der Waals surface area contributed by atoms with Gasteiger partial charge in [-0.1, -0.05) is 35.9 Å². The minimum atomic E-state index is -2.95. The summed E-state index contributed by atoms with van der Waals surface area (Å²) in [7, 11) is 0. The molecule has 2 aromatic carbocycles. The number of nitrogens with one attached hydrogen (secondary N) is 1. The molecule has 1 saturated heterocycles.